The first-order valence-corrected chi connectivity index (χ1v) is 4.55. The Hall–Kier alpha value is -1.50. The number of hydrogen-bond donors (Lipinski definition) is 3. The number of aliphatic carboxylic acids is 2. The summed E-state index contributed by atoms with van der Waals surface area (Å²) in [6, 6.07) is 0. The molecule has 1 heterocycles. The highest BCUT2D eigenvalue weighted by Gasteiger charge is 2.06. The van der Waals surface area contributed by atoms with E-state index in [2.05, 4.69) is 5.32 Å². The van der Waals surface area contributed by atoms with Crippen LogP contribution in [0, 0.1) is 0 Å². The third kappa shape index (κ3) is 8.60. The molecular formula is C7H9NO5S. The van der Waals surface area contributed by atoms with Crippen LogP contribution in [0.1, 0.15) is 0 Å². The third-order valence-electron chi connectivity index (χ3n) is 0.973. The maximum absolute atomic E-state index is 10.1. The minimum atomic E-state index is -1.26. The quantitative estimate of drug-likeness (QED) is 0.571. The fourth-order valence-corrected chi connectivity index (χ4v) is 1.08. The maximum Gasteiger partial charge on any atom is 0.328 e. The molecule has 3 N–H and O–H groups in total. The Kier molecular flexibility index (Phi) is 6.21. The molecule has 0 radical (unpaired) electrons. The van der Waals surface area contributed by atoms with Gasteiger partial charge >= 0.3 is 11.9 Å². The number of rotatable bonds is 2. The average Bonchev–Trinajstić information content (AvgIpc) is 2.53. The highest BCUT2D eigenvalue weighted by Crippen LogP contribution is 2.04. The molecule has 1 saturated heterocycles. The Morgan fingerprint density at radius 2 is 1.79 bits per heavy atom. The molecule has 1 amide bonds. The molecule has 14 heavy (non-hydrogen) atoms. The topological polar surface area (TPSA) is 104 Å². The Bertz CT molecular complexity index is 239. The first-order valence-electron chi connectivity index (χ1n) is 3.57. The van der Waals surface area contributed by atoms with E-state index in [4.69, 9.17) is 10.2 Å². The van der Waals surface area contributed by atoms with Gasteiger partial charge in [-0.25, -0.2) is 9.59 Å². The molecule has 1 aliphatic heterocycles. The Morgan fingerprint density at radius 1 is 1.29 bits per heavy atom. The van der Waals surface area contributed by atoms with Gasteiger partial charge in [0.15, 0.2) is 0 Å². The van der Waals surface area contributed by atoms with Gasteiger partial charge in [-0.3, -0.25) is 4.79 Å². The maximum atomic E-state index is 10.1. The van der Waals surface area contributed by atoms with Crippen molar-refractivity contribution in [3.05, 3.63) is 12.2 Å². The standard InChI is InChI=1S/C4H4O4.C3H5NOS/c5-3(6)1-2-4(7)8;5-3-4-1-2-6-3/h1-2H,(H,5,6)(H,7,8);1-2H2,(H,4,5)/b2-1-;. The zero-order valence-corrected chi connectivity index (χ0v) is 7.91. The lowest BCUT2D eigenvalue weighted by Gasteiger charge is -1.78. The van der Waals surface area contributed by atoms with Crippen molar-refractivity contribution in [2.75, 3.05) is 12.3 Å². The van der Waals surface area contributed by atoms with Crippen LogP contribution in [0.15, 0.2) is 12.2 Å². The van der Waals surface area contributed by atoms with Gasteiger partial charge in [-0.15, -0.1) is 0 Å². The van der Waals surface area contributed by atoms with Gasteiger partial charge < -0.3 is 15.5 Å². The smallest absolute Gasteiger partial charge is 0.328 e. The molecule has 0 aliphatic carbocycles. The molecule has 0 saturated carbocycles. The minimum absolute atomic E-state index is 0.120. The number of nitrogens with one attached hydrogen (secondary N) is 1. The van der Waals surface area contributed by atoms with E-state index in [1.165, 1.54) is 11.8 Å². The second kappa shape index (κ2) is 6.96. The van der Waals surface area contributed by atoms with Crippen molar-refractivity contribution in [2.45, 2.75) is 0 Å². The van der Waals surface area contributed by atoms with E-state index in [9.17, 15) is 14.4 Å². The monoisotopic (exact) mass is 219 g/mol. The summed E-state index contributed by atoms with van der Waals surface area (Å²) in [5.41, 5.74) is 0. The Labute approximate surface area is 84.0 Å². The van der Waals surface area contributed by atoms with Crippen LogP contribution in [0.25, 0.3) is 0 Å². The summed E-state index contributed by atoms with van der Waals surface area (Å²) in [4.78, 5) is 29.2. The molecule has 1 rings (SSSR count). The third-order valence-corrected chi connectivity index (χ3v) is 1.79. The Morgan fingerprint density at radius 3 is 1.93 bits per heavy atom. The van der Waals surface area contributed by atoms with Crippen LogP contribution >= 0.6 is 11.8 Å². The van der Waals surface area contributed by atoms with E-state index in [0.717, 1.165) is 12.3 Å². The van der Waals surface area contributed by atoms with Crippen LogP contribution in [0.2, 0.25) is 0 Å². The molecule has 1 fully saturated rings. The van der Waals surface area contributed by atoms with Gasteiger partial charge in [-0.1, -0.05) is 11.8 Å². The summed E-state index contributed by atoms with van der Waals surface area (Å²) in [5, 5.41) is 18.4. The van der Waals surface area contributed by atoms with E-state index in [1.807, 2.05) is 0 Å². The summed E-state index contributed by atoms with van der Waals surface area (Å²) >= 11 is 1.35. The van der Waals surface area contributed by atoms with E-state index < -0.39 is 11.9 Å². The number of carbonyl (C=O) groups excluding carboxylic acids is 1. The highest BCUT2D eigenvalue weighted by atomic mass is 32.2. The first-order chi connectivity index (χ1) is 6.52. The van der Waals surface area contributed by atoms with E-state index in [-0.39, 0.29) is 5.24 Å². The molecule has 78 valence electrons. The first kappa shape index (κ1) is 12.5. The van der Waals surface area contributed by atoms with Crippen LogP contribution in [0.5, 0.6) is 0 Å². The second-order valence-corrected chi connectivity index (χ2v) is 3.14. The lowest BCUT2D eigenvalue weighted by molar-refractivity contribution is -0.134. The molecule has 6 nitrogen and oxygen atoms in total. The van der Waals surface area contributed by atoms with Crippen molar-refractivity contribution in [3.63, 3.8) is 0 Å². The molecule has 1 aliphatic rings. The number of thioether (sulfide) groups is 1. The minimum Gasteiger partial charge on any atom is -0.478 e. The van der Waals surface area contributed by atoms with Crippen molar-refractivity contribution in [2.24, 2.45) is 0 Å². The predicted molar refractivity (Wildman–Crippen MR) is 50.3 cm³/mol. The molecule has 7 heteroatoms. The van der Waals surface area contributed by atoms with Crippen molar-refractivity contribution < 1.29 is 24.6 Å². The number of carboxylic acids is 2. The van der Waals surface area contributed by atoms with Gasteiger partial charge in [0.05, 0.1) is 0 Å². The number of carbonyl (C=O) groups is 3. The molecular weight excluding hydrogens is 210 g/mol. The van der Waals surface area contributed by atoms with Gasteiger partial charge in [0.25, 0.3) is 5.24 Å². The lowest BCUT2D eigenvalue weighted by Crippen LogP contribution is -2.10. The van der Waals surface area contributed by atoms with Crippen molar-refractivity contribution in [1.29, 1.82) is 0 Å². The van der Waals surface area contributed by atoms with Crippen molar-refractivity contribution in [1.82, 2.24) is 5.32 Å². The zero-order valence-electron chi connectivity index (χ0n) is 7.10. The van der Waals surface area contributed by atoms with E-state index >= 15 is 0 Å². The van der Waals surface area contributed by atoms with Gasteiger partial charge in [0.2, 0.25) is 0 Å². The molecule has 0 bridgehead atoms. The predicted octanol–water partition coefficient (Wildman–Crippen LogP) is 0.155. The molecule has 0 unspecified atom stereocenters. The van der Waals surface area contributed by atoms with Crippen molar-refractivity contribution >= 4 is 28.9 Å². The highest BCUT2D eigenvalue weighted by molar-refractivity contribution is 8.13. The Balaban J connectivity index is 0.000000249. The zero-order chi connectivity index (χ0) is 11.0. The van der Waals surface area contributed by atoms with Gasteiger partial charge in [0.1, 0.15) is 0 Å². The lowest BCUT2D eigenvalue weighted by atomic mass is 10.5. The number of amides is 1. The summed E-state index contributed by atoms with van der Waals surface area (Å²) in [6.07, 6.45) is 1.12. The summed E-state index contributed by atoms with van der Waals surface area (Å²) in [6.45, 7) is 0.851. The van der Waals surface area contributed by atoms with Crippen LogP contribution < -0.4 is 5.32 Å². The van der Waals surface area contributed by atoms with E-state index in [0.29, 0.717) is 12.2 Å². The molecule has 0 aromatic carbocycles. The second-order valence-electron chi connectivity index (χ2n) is 2.07. The molecule has 0 spiro atoms. The molecule has 0 aromatic heterocycles. The summed E-state index contributed by atoms with van der Waals surface area (Å²) in [5.74, 6) is -1.57. The van der Waals surface area contributed by atoms with Crippen LogP contribution in [-0.4, -0.2) is 39.7 Å². The number of hydrogen-bond acceptors (Lipinski definition) is 4. The largest absolute Gasteiger partial charge is 0.478 e. The SMILES string of the molecule is O=C(O)/C=C\C(=O)O.O=C1NCCS1. The average molecular weight is 219 g/mol. The van der Waals surface area contributed by atoms with Gasteiger partial charge in [-0.2, -0.15) is 0 Å². The van der Waals surface area contributed by atoms with E-state index in [1.54, 1.807) is 0 Å². The molecule has 0 aromatic rings. The number of carboxylic acid groups (broad SMARTS) is 2. The van der Waals surface area contributed by atoms with Gasteiger partial charge in [-0.05, 0) is 0 Å². The van der Waals surface area contributed by atoms with Crippen molar-refractivity contribution in [3.8, 4) is 0 Å². The fourth-order valence-electron chi connectivity index (χ4n) is 0.490. The van der Waals surface area contributed by atoms with Crippen LogP contribution in [0.3, 0.4) is 0 Å². The normalized spacial score (nSPS) is 14.4. The van der Waals surface area contributed by atoms with Crippen LogP contribution in [0.4, 0.5) is 4.79 Å². The summed E-state index contributed by atoms with van der Waals surface area (Å²) < 4.78 is 0. The van der Waals surface area contributed by atoms with Gasteiger partial charge in [0, 0.05) is 24.4 Å². The molecule has 0 atom stereocenters. The summed E-state index contributed by atoms with van der Waals surface area (Å²) in [7, 11) is 0. The van der Waals surface area contributed by atoms with Crippen LogP contribution in [-0.2, 0) is 9.59 Å². The fraction of sp³-hybridized carbons (Fsp3) is 0.286.